The van der Waals surface area contributed by atoms with Gasteiger partial charge in [0.25, 0.3) is 0 Å². The van der Waals surface area contributed by atoms with Crippen molar-refractivity contribution in [1.29, 1.82) is 0 Å². The molecule has 0 bridgehead atoms. The highest BCUT2D eigenvalue weighted by Gasteiger charge is 2.22. The fraction of sp³-hybridized carbons (Fsp3) is 0.500. The molecule has 1 aliphatic rings. The number of nitrogens with zero attached hydrogens (tertiary/aromatic N) is 3. The average molecular weight is 235 g/mol. The van der Waals surface area contributed by atoms with E-state index in [1.165, 1.54) is 6.07 Å². The van der Waals surface area contributed by atoms with E-state index in [0.717, 1.165) is 25.5 Å². The molecule has 1 unspecified atom stereocenters. The van der Waals surface area contributed by atoms with Crippen LogP contribution in [0.25, 0.3) is 0 Å². The summed E-state index contributed by atoms with van der Waals surface area (Å²) >= 11 is 0. The van der Waals surface area contributed by atoms with Crippen molar-refractivity contribution in [3.8, 4) is 0 Å². The van der Waals surface area contributed by atoms with Crippen LogP contribution in [0.2, 0.25) is 0 Å². The number of pyridine rings is 1. The number of aromatic nitrogens is 1. The van der Waals surface area contributed by atoms with Crippen molar-refractivity contribution >= 4 is 11.8 Å². The number of hydrogen-bond acceptors (Lipinski definition) is 4. The van der Waals surface area contributed by atoms with Crippen LogP contribution in [0.15, 0.2) is 18.2 Å². The number of carbonyl (C=O) groups is 1. The van der Waals surface area contributed by atoms with Gasteiger partial charge in [-0.05, 0) is 26.1 Å². The lowest BCUT2D eigenvalue weighted by Crippen LogP contribution is -2.50. The zero-order valence-electron chi connectivity index (χ0n) is 10.1. The van der Waals surface area contributed by atoms with E-state index in [0.29, 0.717) is 6.04 Å². The average Bonchev–Trinajstić information content (AvgIpc) is 2.29. The normalized spacial score (nSPS) is 21.5. The van der Waals surface area contributed by atoms with Gasteiger partial charge in [0, 0.05) is 25.7 Å². The summed E-state index contributed by atoms with van der Waals surface area (Å²) in [6.45, 7) is 4.96. The Labute approximate surface area is 101 Å². The van der Waals surface area contributed by atoms with Crippen molar-refractivity contribution in [3.05, 3.63) is 23.9 Å². The Morgan fingerprint density at radius 2 is 2.24 bits per heavy atom. The molecule has 5 nitrogen and oxygen atoms in total. The third-order valence-electron chi connectivity index (χ3n) is 3.08. The summed E-state index contributed by atoms with van der Waals surface area (Å²) in [6, 6.07) is 5.49. The largest absolute Gasteiger partial charge is 0.477 e. The molecule has 92 valence electrons. The summed E-state index contributed by atoms with van der Waals surface area (Å²) in [4.78, 5) is 19.5. The summed E-state index contributed by atoms with van der Waals surface area (Å²) in [5.41, 5.74) is 0.105. The molecule has 0 aliphatic carbocycles. The SMILES string of the molecule is CC1CN(C)CCN1c1cccc(C(=O)O)n1. The van der Waals surface area contributed by atoms with Crippen LogP contribution in [0.5, 0.6) is 0 Å². The molecule has 2 rings (SSSR count). The Hall–Kier alpha value is -1.62. The van der Waals surface area contributed by atoms with Gasteiger partial charge in [-0.2, -0.15) is 0 Å². The van der Waals surface area contributed by atoms with Crippen molar-refractivity contribution in [2.24, 2.45) is 0 Å². The molecular formula is C12H17N3O2. The molecule has 1 aromatic heterocycles. The van der Waals surface area contributed by atoms with Crippen LogP contribution in [-0.2, 0) is 0 Å². The number of hydrogen-bond donors (Lipinski definition) is 1. The standard InChI is InChI=1S/C12H17N3O2/c1-9-8-14(2)6-7-15(9)11-5-3-4-10(13-11)12(16)17/h3-5,9H,6-8H2,1-2H3,(H,16,17). The van der Waals surface area contributed by atoms with Gasteiger partial charge in [0.2, 0.25) is 0 Å². The first kappa shape index (κ1) is 11.9. The van der Waals surface area contributed by atoms with Gasteiger partial charge in [-0.3, -0.25) is 0 Å². The Morgan fingerprint density at radius 1 is 1.47 bits per heavy atom. The number of carboxylic acids is 1. The zero-order valence-corrected chi connectivity index (χ0v) is 10.1. The predicted octanol–water partition coefficient (Wildman–Crippen LogP) is 0.920. The lowest BCUT2D eigenvalue weighted by Gasteiger charge is -2.39. The Morgan fingerprint density at radius 3 is 2.88 bits per heavy atom. The zero-order chi connectivity index (χ0) is 12.4. The number of piperazine rings is 1. The van der Waals surface area contributed by atoms with Gasteiger partial charge in [-0.1, -0.05) is 6.07 Å². The monoisotopic (exact) mass is 235 g/mol. The Bertz CT molecular complexity index is 422. The highest BCUT2D eigenvalue weighted by atomic mass is 16.4. The summed E-state index contributed by atoms with van der Waals surface area (Å²) in [5, 5.41) is 8.93. The van der Waals surface area contributed by atoms with Crippen molar-refractivity contribution < 1.29 is 9.90 Å². The van der Waals surface area contributed by atoms with Gasteiger partial charge in [-0.15, -0.1) is 0 Å². The second kappa shape index (κ2) is 4.71. The smallest absolute Gasteiger partial charge is 0.354 e. The van der Waals surface area contributed by atoms with Crippen LogP contribution in [-0.4, -0.2) is 53.7 Å². The number of anilines is 1. The van der Waals surface area contributed by atoms with Gasteiger partial charge in [0.1, 0.15) is 5.82 Å². The van der Waals surface area contributed by atoms with Crippen LogP contribution < -0.4 is 4.90 Å². The van der Waals surface area contributed by atoms with Gasteiger partial charge >= 0.3 is 5.97 Å². The fourth-order valence-corrected chi connectivity index (χ4v) is 2.18. The number of likely N-dealkylation sites (N-methyl/N-ethyl adjacent to an activating group) is 1. The van der Waals surface area contributed by atoms with E-state index >= 15 is 0 Å². The van der Waals surface area contributed by atoms with Crippen LogP contribution in [0, 0.1) is 0 Å². The molecular weight excluding hydrogens is 218 g/mol. The first-order valence-electron chi connectivity index (χ1n) is 5.73. The summed E-state index contributed by atoms with van der Waals surface area (Å²) < 4.78 is 0. The van der Waals surface area contributed by atoms with Crippen LogP contribution >= 0.6 is 0 Å². The van der Waals surface area contributed by atoms with Crippen LogP contribution in [0.3, 0.4) is 0 Å². The van der Waals surface area contributed by atoms with E-state index in [1.54, 1.807) is 6.07 Å². The molecule has 0 amide bonds. The third kappa shape index (κ3) is 2.55. The Kier molecular flexibility index (Phi) is 3.28. The molecule has 0 aromatic carbocycles. The lowest BCUT2D eigenvalue weighted by molar-refractivity contribution is 0.0690. The van der Waals surface area contributed by atoms with Crippen LogP contribution in [0.4, 0.5) is 5.82 Å². The fourth-order valence-electron chi connectivity index (χ4n) is 2.18. The summed E-state index contributed by atoms with van der Waals surface area (Å²) in [7, 11) is 2.09. The minimum absolute atomic E-state index is 0.105. The molecule has 0 spiro atoms. The highest BCUT2D eigenvalue weighted by Crippen LogP contribution is 2.18. The minimum atomic E-state index is -0.978. The number of rotatable bonds is 2. The van der Waals surface area contributed by atoms with Gasteiger partial charge in [0.15, 0.2) is 5.69 Å². The molecule has 1 saturated heterocycles. The van der Waals surface area contributed by atoms with E-state index in [-0.39, 0.29) is 5.69 Å². The van der Waals surface area contributed by atoms with Crippen molar-refractivity contribution in [2.45, 2.75) is 13.0 Å². The van der Waals surface area contributed by atoms with E-state index in [9.17, 15) is 4.79 Å². The molecule has 0 saturated carbocycles. The maximum absolute atomic E-state index is 10.9. The molecule has 1 fully saturated rings. The van der Waals surface area contributed by atoms with E-state index < -0.39 is 5.97 Å². The lowest BCUT2D eigenvalue weighted by atomic mass is 10.2. The molecule has 5 heteroatoms. The molecule has 1 aromatic rings. The second-order valence-corrected chi connectivity index (χ2v) is 4.49. The maximum atomic E-state index is 10.9. The van der Waals surface area contributed by atoms with Gasteiger partial charge in [-0.25, -0.2) is 9.78 Å². The molecule has 17 heavy (non-hydrogen) atoms. The predicted molar refractivity (Wildman–Crippen MR) is 65.5 cm³/mol. The second-order valence-electron chi connectivity index (χ2n) is 4.49. The quantitative estimate of drug-likeness (QED) is 0.826. The van der Waals surface area contributed by atoms with Gasteiger partial charge < -0.3 is 14.9 Å². The molecule has 1 N–H and O–H groups in total. The third-order valence-corrected chi connectivity index (χ3v) is 3.08. The van der Waals surface area contributed by atoms with E-state index in [4.69, 9.17) is 5.11 Å². The van der Waals surface area contributed by atoms with Crippen molar-refractivity contribution in [2.75, 3.05) is 31.6 Å². The van der Waals surface area contributed by atoms with Gasteiger partial charge in [0.05, 0.1) is 0 Å². The maximum Gasteiger partial charge on any atom is 0.354 e. The Balaban J connectivity index is 2.22. The summed E-state index contributed by atoms with van der Waals surface area (Å²) in [6.07, 6.45) is 0. The van der Waals surface area contributed by atoms with Crippen LogP contribution in [0.1, 0.15) is 17.4 Å². The van der Waals surface area contributed by atoms with E-state index in [2.05, 4.69) is 28.8 Å². The highest BCUT2D eigenvalue weighted by molar-refractivity contribution is 5.85. The van der Waals surface area contributed by atoms with E-state index in [1.807, 2.05) is 6.07 Å². The molecule has 0 radical (unpaired) electrons. The topological polar surface area (TPSA) is 56.7 Å². The minimum Gasteiger partial charge on any atom is -0.477 e. The molecule has 2 heterocycles. The number of aromatic carboxylic acids is 1. The molecule has 1 atom stereocenters. The van der Waals surface area contributed by atoms with Crippen molar-refractivity contribution in [1.82, 2.24) is 9.88 Å². The molecule has 1 aliphatic heterocycles. The summed E-state index contributed by atoms with van der Waals surface area (Å²) in [5.74, 6) is -0.223. The first-order chi connectivity index (χ1) is 8.08. The number of carboxylic acid groups (broad SMARTS) is 1. The first-order valence-corrected chi connectivity index (χ1v) is 5.73. The van der Waals surface area contributed by atoms with Crippen molar-refractivity contribution in [3.63, 3.8) is 0 Å².